The Morgan fingerprint density at radius 2 is 1.89 bits per heavy atom. The fourth-order valence-electron chi connectivity index (χ4n) is 2.43. The second-order valence-electron chi connectivity index (χ2n) is 6.03. The lowest BCUT2D eigenvalue weighted by atomic mass is 10.2. The van der Waals surface area contributed by atoms with E-state index >= 15 is 0 Å². The van der Waals surface area contributed by atoms with E-state index in [1.54, 1.807) is 13.2 Å². The molecule has 3 aromatic rings. The summed E-state index contributed by atoms with van der Waals surface area (Å²) < 4.78 is 5.27. The Bertz CT molecular complexity index is 974. The van der Waals surface area contributed by atoms with E-state index in [1.165, 1.54) is 12.4 Å². The number of benzene rings is 2. The van der Waals surface area contributed by atoms with E-state index in [2.05, 4.69) is 20.6 Å². The summed E-state index contributed by atoms with van der Waals surface area (Å²) in [6.45, 7) is 3.87. The first-order chi connectivity index (χ1) is 13.0. The normalized spacial score (nSPS) is 10.4. The molecule has 0 saturated heterocycles. The quantitative estimate of drug-likeness (QED) is 0.665. The molecule has 6 nitrogen and oxygen atoms in total. The molecule has 0 spiro atoms. The lowest BCUT2D eigenvalue weighted by Crippen LogP contribution is -2.15. The predicted molar refractivity (Wildman–Crippen MR) is 107 cm³/mol. The van der Waals surface area contributed by atoms with Gasteiger partial charge in [0.15, 0.2) is 0 Å². The van der Waals surface area contributed by atoms with E-state index in [0.717, 1.165) is 16.8 Å². The summed E-state index contributed by atoms with van der Waals surface area (Å²) in [6.07, 6.45) is 2.91. The van der Waals surface area contributed by atoms with Crippen molar-refractivity contribution in [2.24, 2.45) is 0 Å². The van der Waals surface area contributed by atoms with Crippen LogP contribution in [0.25, 0.3) is 0 Å². The molecule has 0 atom stereocenters. The van der Waals surface area contributed by atoms with Gasteiger partial charge in [-0.1, -0.05) is 23.7 Å². The molecule has 0 aliphatic carbocycles. The second kappa shape index (κ2) is 8.05. The number of aryl methyl sites for hydroxylation is 2. The maximum absolute atomic E-state index is 12.4. The van der Waals surface area contributed by atoms with Crippen LogP contribution in [-0.2, 0) is 0 Å². The molecule has 1 amide bonds. The lowest BCUT2D eigenvalue weighted by molar-refractivity contribution is 0.102. The molecule has 2 N–H and O–H groups in total. The van der Waals surface area contributed by atoms with Gasteiger partial charge in [0.2, 0.25) is 0 Å². The number of hydrogen-bond donors (Lipinski definition) is 2. The van der Waals surface area contributed by atoms with Gasteiger partial charge in [-0.25, -0.2) is 9.97 Å². The molecule has 0 bridgehead atoms. The Morgan fingerprint density at radius 1 is 1.07 bits per heavy atom. The molecule has 1 heterocycles. The third kappa shape index (κ3) is 4.54. The molecule has 0 radical (unpaired) electrons. The predicted octanol–water partition coefficient (Wildman–Crippen LogP) is 4.75. The number of rotatable bonds is 5. The first-order valence-corrected chi connectivity index (χ1v) is 8.65. The van der Waals surface area contributed by atoms with Crippen LogP contribution in [0.15, 0.2) is 48.8 Å². The molecule has 0 unspecified atom stereocenters. The highest BCUT2D eigenvalue weighted by Crippen LogP contribution is 2.26. The Balaban J connectivity index is 1.72. The molecule has 0 aliphatic heterocycles. The van der Waals surface area contributed by atoms with Crippen molar-refractivity contribution in [1.82, 2.24) is 9.97 Å². The number of nitrogens with one attached hydrogen (secondary N) is 2. The van der Waals surface area contributed by atoms with Crippen molar-refractivity contribution in [2.45, 2.75) is 13.8 Å². The minimum absolute atomic E-state index is 0.200. The van der Waals surface area contributed by atoms with E-state index < -0.39 is 0 Å². The van der Waals surface area contributed by atoms with Crippen LogP contribution in [-0.4, -0.2) is 23.0 Å². The average molecular weight is 383 g/mol. The van der Waals surface area contributed by atoms with E-state index in [0.29, 0.717) is 22.3 Å². The number of ether oxygens (including phenoxy) is 1. The van der Waals surface area contributed by atoms with Gasteiger partial charge < -0.3 is 15.4 Å². The molecule has 0 saturated carbocycles. The van der Waals surface area contributed by atoms with Gasteiger partial charge in [0.05, 0.1) is 25.2 Å². The fourth-order valence-corrected chi connectivity index (χ4v) is 2.61. The molecule has 27 heavy (non-hydrogen) atoms. The number of carbonyl (C=O) groups is 1. The molecule has 7 heteroatoms. The van der Waals surface area contributed by atoms with E-state index in [4.69, 9.17) is 16.3 Å². The van der Waals surface area contributed by atoms with Crippen molar-refractivity contribution in [3.05, 3.63) is 70.6 Å². The van der Waals surface area contributed by atoms with Crippen LogP contribution < -0.4 is 15.4 Å². The zero-order valence-corrected chi connectivity index (χ0v) is 16.0. The highest BCUT2D eigenvalue weighted by Gasteiger charge is 2.12. The molecule has 3 rings (SSSR count). The number of nitrogens with zero attached hydrogens (tertiary/aromatic N) is 2. The molecule has 1 aromatic heterocycles. The Kier molecular flexibility index (Phi) is 5.57. The fraction of sp³-hybridized carbons (Fsp3) is 0.150. The third-order valence-electron chi connectivity index (χ3n) is 3.93. The number of amides is 1. The molecular weight excluding hydrogens is 364 g/mol. The summed E-state index contributed by atoms with van der Waals surface area (Å²) in [5.74, 6) is 0.729. The Labute approximate surface area is 162 Å². The number of aromatic nitrogens is 2. The Morgan fingerprint density at radius 3 is 2.56 bits per heavy atom. The molecular formula is C20H19ClN4O2. The number of halogens is 1. The smallest absolute Gasteiger partial charge is 0.275 e. The van der Waals surface area contributed by atoms with Crippen molar-refractivity contribution in [1.29, 1.82) is 0 Å². The average Bonchev–Trinajstić information content (AvgIpc) is 2.65. The van der Waals surface area contributed by atoms with Gasteiger partial charge in [0, 0.05) is 10.7 Å². The molecule has 138 valence electrons. The largest absolute Gasteiger partial charge is 0.495 e. The number of hydrogen-bond acceptors (Lipinski definition) is 5. The van der Waals surface area contributed by atoms with Gasteiger partial charge >= 0.3 is 0 Å². The van der Waals surface area contributed by atoms with Crippen molar-refractivity contribution in [3.8, 4) is 5.75 Å². The third-order valence-corrected chi connectivity index (χ3v) is 4.34. The second-order valence-corrected chi connectivity index (χ2v) is 6.44. The topological polar surface area (TPSA) is 76.1 Å². The Hall–Kier alpha value is -3.12. The number of methoxy groups -OCH3 is 1. The minimum Gasteiger partial charge on any atom is -0.495 e. The van der Waals surface area contributed by atoms with Gasteiger partial charge in [-0.3, -0.25) is 4.79 Å². The van der Waals surface area contributed by atoms with Gasteiger partial charge in [0.25, 0.3) is 5.91 Å². The van der Waals surface area contributed by atoms with Crippen LogP contribution >= 0.6 is 11.6 Å². The highest BCUT2D eigenvalue weighted by molar-refractivity contribution is 6.31. The van der Waals surface area contributed by atoms with Gasteiger partial charge in [-0.2, -0.15) is 0 Å². The summed E-state index contributed by atoms with van der Waals surface area (Å²) in [7, 11) is 1.55. The van der Waals surface area contributed by atoms with Crippen LogP contribution in [0, 0.1) is 13.8 Å². The van der Waals surface area contributed by atoms with Crippen molar-refractivity contribution >= 4 is 34.7 Å². The summed E-state index contributed by atoms with van der Waals surface area (Å²) in [5.41, 5.74) is 3.58. The zero-order valence-electron chi connectivity index (χ0n) is 15.2. The lowest BCUT2D eigenvalue weighted by Gasteiger charge is -2.11. The van der Waals surface area contributed by atoms with E-state index in [9.17, 15) is 4.79 Å². The van der Waals surface area contributed by atoms with Crippen LogP contribution in [0.2, 0.25) is 5.02 Å². The minimum atomic E-state index is -0.365. The summed E-state index contributed by atoms with van der Waals surface area (Å²) in [4.78, 5) is 20.9. The van der Waals surface area contributed by atoms with Crippen molar-refractivity contribution in [3.63, 3.8) is 0 Å². The maximum atomic E-state index is 12.4. The van der Waals surface area contributed by atoms with E-state index in [1.807, 2.05) is 44.2 Å². The van der Waals surface area contributed by atoms with Crippen molar-refractivity contribution in [2.75, 3.05) is 17.7 Å². The van der Waals surface area contributed by atoms with Gasteiger partial charge in [0.1, 0.15) is 17.3 Å². The molecule has 0 aliphatic rings. The summed E-state index contributed by atoms with van der Waals surface area (Å²) in [6, 6.07) is 11.2. The summed E-state index contributed by atoms with van der Waals surface area (Å²) >= 11 is 6.12. The monoisotopic (exact) mass is 382 g/mol. The van der Waals surface area contributed by atoms with Crippen molar-refractivity contribution < 1.29 is 9.53 Å². The zero-order chi connectivity index (χ0) is 19.4. The standard InChI is InChI=1S/C20H19ClN4O2/c1-12-4-7-18(27-3)16(8-12)25-20(26)17-10-23-19(11-22-17)24-14-6-5-13(2)15(21)9-14/h4-11H,1-3H3,(H,23,24)(H,25,26). The molecule has 0 fully saturated rings. The maximum Gasteiger partial charge on any atom is 0.275 e. The van der Waals surface area contributed by atoms with Gasteiger partial charge in [-0.15, -0.1) is 0 Å². The van der Waals surface area contributed by atoms with Crippen LogP contribution in [0.4, 0.5) is 17.2 Å². The number of carbonyl (C=O) groups excluding carboxylic acids is 1. The summed E-state index contributed by atoms with van der Waals surface area (Å²) in [5, 5.41) is 6.56. The number of anilines is 3. The highest BCUT2D eigenvalue weighted by atomic mass is 35.5. The van der Waals surface area contributed by atoms with Crippen LogP contribution in [0.5, 0.6) is 5.75 Å². The van der Waals surface area contributed by atoms with Gasteiger partial charge in [-0.05, 0) is 49.2 Å². The van der Waals surface area contributed by atoms with Crippen LogP contribution in [0.3, 0.4) is 0 Å². The molecule has 2 aromatic carbocycles. The first kappa shape index (κ1) is 18.7. The first-order valence-electron chi connectivity index (χ1n) is 8.27. The van der Waals surface area contributed by atoms with E-state index in [-0.39, 0.29) is 11.6 Å². The SMILES string of the molecule is COc1ccc(C)cc1NC(=O)c1cnc(Nc2ccc(C)c(Cl)c2)cn1. The van der Waals surface area contributed by atoms with Crippen LogP contribution in [0.1, 0.15) is 21.6 Å².